The van der Waals surface area contributed by atoms with Crippen molar-refractivity contribution in [1.29, 1.82) is 0 Å². The maximum atomic E-state index is 14.5. The van der Waals surface area contributed by atoms with Crippen molar-refractivity contribution in [3.63, 3.8) is 0 Å². The molecule has 2 aromatic carbocycles. The van der Waals surface area contributed by atoms with Crippen molar-refractivity contribution in [3.8, 4) is 11.1 Å². The van der Waals surface area contributed by atoms with Gasteiger partial charge in [0.15, 0.2) is 0 Å². The number of carbonyl (C=O) groups is 1. The number of sulfonamides is 1. The Hall–Kier alpha value is -2.48. The van der Waals surface area contributed by atoms with Crippen LogP contribution >= 0.6 is 0 Å². The van der Waals surface area contributed by atoms with Crippen LogP contribution in [0.5, 0.6) is 0 Å². The smallest absolute Gasteiger partial charge is 0.240 e. The number of nitrogens with two attached hydrogens (primary N) is 1. The molecule has 0 spiro atoms. The summed E-state index contributed by atoms with van der Waals surface area (Å²) in [7, 11) is -3.70. The normalized spacial score (nSPS) is 12.7. The van der Waals surface area contributed by atoms with Gasteiger partial charge in [-0.2, -0.15) is 0 Å². The van der Waals surface area contributed by atoms with Crippen LogP contribution in [0.3, 0.4) is 0 Å². The van der Waals surface area contributed by atoms with Crippen molar-refractivity contribution >= 4 is 21.6 Å². The zero-order chi connectivity index (χ0) is 18.9. The van der Waals surface area contributed by atoms with Gasteiger partial charge in [-0.3, -0.25) is 9.52 Å². The van der Waals surface area contributed by atoms with Crippen LogP contribution in [0.4, 0.5) is 14.5 Å². The van der Waals surface area contributed by atoms with Gasteiger partial charge in [-0.15, -0.1) is 0 Å². The number of carbonyl (C=O) groups excluding carboxylic acids is 1. The third kappa shape index (κ3) is 4.14. The fraction of sp³-hybridized carbons (Fsp3) is 0.235. The summed E-state index contributed by atoms with van der Waals surface area (Å²) in [5.41, 5.74) is 6.50. The quantitative estimate of drug-likeness (QED) is 0.812. The number of rotatable bonds is 4. The summed E-state index contributed by atoms with van der Waals surface area (Å²) in [5.74, 6) is -2.89. The molecule has 0 radical (unpaired) electrons. The summed E-state index contributed by atoms with van der Waals surface area (Å²) < 4.78 is 52.5. The van der Waals surface area contributed by atoms with Crippen LogP contribution in [0.25, 0.3) is 11.1 Å². The Bertz CT molecular complexity index is 943. The highest BCUT2D eigenvalue weighted by Gasteiger charge is 2.20. The summed E-state index contributed by atoms with van der Waals surface area (Å²) in [6.45, 7) is 2.96. The molecule has 1 amide bonds. The first-order chi connectivity index (χ1) is 11.5. The summed E-state index contributed by atoms with van der Waals surface area (Å²) in [4.78, 5) is 11.9. The minimum absolute atomic E-state index is 0.0238. The van der Waals surface area contributed by atoms with Crippen molar-refractivity contribution in [2.45, 2.75) is 19.8 Å². The molecule has 0 aliphatic rings. The van der Waals surface area contributed by atoms with E-state index in [4.69, 9.17) is 5.73 Å². The van der Waals surface area contributed by atoms with Crippen LogP contribution in [-0.2, 0) is 14.8 Å². The molecular weight excluding hydrogens is 350 g/mol. The number of halogens is 2. The van der Waals surface area contributed by atoms with Gasteiger partial charge in [0.05, 0.1) is 17.9 Å². The molecule has 0 aliphatic carbocycles. The van der Waals surface area contributed by atoms with E-state index in [2.05, 4.69) is 0 Å². The summed E-state index contributed by atoms with van der Waals surface area (Å²) in [5, 5.41) is 0. The number of anilines is 1. The lowest BCUT2D eigenvalue weighted by molar-refractivity contribution is -0.120. The first kappa shape index (κ1) is 18.9. The Morgan fingerprint density at radius 1 is 1.16 bits per heavy atom. The topological polar surface area (TPSA) is 89.3 Å². The number of hydrogen-bond donors (Lipinski definition) is 2. The van der Waals surface area contributed by atoms with Gasteiger partial charge in [0.25, 0.3) is 0 Å². The maximum Gasteiger partial charge on any atom is 0.240 e. The summed E-state index contributed by atoms with van der Waals surface area (Å²) in [6.07, 6.45) is 0.861. The number of nitrogens with one attached hydrogen (secondary N) is 1. The SMILES string of the molecule is Cc1c(-c2ccc(C(C)C(=O)NS(C)(=O)=O)cc2F)ccc(N)c1F. The summed E-state index contributed by atoms with van der Waals surface area (Å²) in [6, 6.07) is 6.93. The molecule has 0 fully saturated rings. The predicted octanol–water partition coefficient (Wildman–Crippen LogP) is 2.70. The van der Waals surface area contributed by atoms with E-state index in [9.17, 15) is 22.0 Å². The number of amides is 1. The molecule has 134 valence electrons. The molecule has 1 unspecified atom stereocenters. The van der Waals surface area contributed by atoms with Gasteiger partial charge in [-0.25, -0.2) is 17.2 Å². The maximum absolute atomic E-state index is 14.5. The number of benzene rings is 2. The van der Waals surface area contributed by atoms with Crippen LogP contribution in [0.1, 0.15) is 24.0 Å². The minimum Gasteiger partial charge on any atom is -0.396 e. The number of nitrogen functional groups attached to an aromatic ring is 1. The molecule has 3 N–H and O–H groups in total. The lowest BCUT2D eigenvalue weighted by atomic mass is 9.94. The minimum atomic E-state index is -3.70. The lowest BCUT2D eigenvalue weighted by Gasteiger charge is -2.14. The summed E-state index contributed by atoms with van der Waals surface area (Å²) >= 11 is 0. The monoisotopic (exact) mass is 368 g/mol. The van der Waals surface area contributed by atoms with E-state index >= 15 is 0 Å². The zero-order valence-electron chi connectivity index (χ0n) is 13.9. The fourth-order valence-electron chi connectivity index (χ4n) is 2.44. The Balaban J connectivity index is 2.39. The average molecular weight is 368 g/mol. The van der Waals surface area contributed by atoms with Crippen molar-refractivity contribution in [1.82, 2.24) is 4.72 Å². The second-order valence-corrected chi connectivity index (χ2v) is 7.59. The highest BCUT2D eigenvalue weighted by atomic mass is 32.2. The predicted molar refractivity (Wildman–Crippen MR) is 92.3 cm³/mol. The lowest BCUT2D eigenvalue weighted by Crippen LogP contribution is -2.32. The van der Waals surface area contributed by atoms with Gasteiger partial charge in [0.1, 0.15) is 11.6 Å². The van der Waals surface area contributed by atoms with Crippen LogP contribution < -0.4 is 10.5 Å². The second kappa shape index (κ2) is 6.79. The van der Waals surface area contributed by atoms with Gasteiger partial charge >= 0.3 is 0 Å². The van der Waals surface area contributed by atoms with E-state index in [1.807, 2.05) is 4.72 Å². The largest absolute Gasteiger partial charge is 0.396 e. The molecule has 0 saturated carbocycles. The molecule has 0 saturated heterocycles. The third-order valence-electron chi connectivity index (χ3n) is 3.88. The first-order valence-electron chi connectivity index (χ1n) is 7.37. The molecular formula is C17H18F2N2O3S. The molecule has 0 aromatic heterocycles. The molecule has 0 heterocycles. The van der Waals surface area contributed by atoms with E-state index < -0.39 is 33.5 Å². The molecule has 25 heavy (non-hydrogen) atoms. The van der Waals surface area contributed by atoms with Gasteiger partial charge in [-0.1, -0.05) is 18.2 Å². The van der Waals surface area contributed by atoms with Crippen LogP contribution in [-0.4, -0.2) is 20.6 Å². The standard InChI is InChI=1S/C17H18F2N2O3S/c1-9(17(22)21-25(3,23)24)11-4-5-13(14(18)8-11)12-6-7-15(20)16(19)10(12)2/h4-9H,20H2,1-3H3,(H,21,22). The average Bonchev–Trinajstić information content (AvgIpc) is 2.51. The molecule has 2 rings (SSSR count). The molecule has 8 heteroatoms. The van der Waals surface area contributed by atoms with Crippen LogP contribution in [0, 0.1) is 18.6 Å². The fourth-order valence-corrected chi connectivity index (χ4v) is 2.98. The van der Waals surface area contributed by atoms with Crippen LogP contribution in [0.2, 0.25) is 0 Å². The second-order valence-electron chi connectivity index (χ2n) is 5.84. The molecule has 0 bridgehead atoms. The van der Waals surface area contributed by atoms with Gasteiger partial charge in [0, 0.05) is 5.56 Å². The molecule has 0 aliphatic heterocycles. The Morgan fingerprint density at radius 2 is 1.76 bits per heavy atom. The van der Waals surface area contributed by atoms with Gasteiger partial charge < -0.3 is 5.73 Å². The van der Waals surface area contributed by atoms with E-state index in [0.29, 0.717) is 11.1 Å². The van der Waals surface area contributed by atoms with Gasteiger partial charge in [0.2, 0.25) is 15.9 Å². The number of hydrogen-bond acceptors (Lipinski definition) is 4. The molecule has 1 atom stereocenters. The zero-order valence-corrected chi connectivity index (χ0v) is 14.7. The van der Waals surface area contributed by atoms with Crippen LogP contribution in [0.15, 0.2) is 30.3 Å². The van der Waals surface area contributed by atoms with Crippen molar-refractivity contribution in [2.75, 3.05) is 12.0 Å². The molecule has 5 nitrogen and oxygen atoms in total. The third-order valence-corrected chi connectivity index (χ3v) is 4.45. The van der Waals surface area contributed by atoms with E-state index in [0.717, 1.165) is 12.3 Å². The Kier molecular flexibility index (Phi) is 5.12. The van der Waals surface area contributed by atoms with E-state index in [1.165, 1.54) is 38.1 Å². The highest BCUT2D eigenvalue weighted by Crippen LogP contribution is 2.31. The Morgan fingerprint density at radius 3 is 2.32 bits per heavy atom. The molecule has 2 aromatic rings. The Labute approximate surface area is 144 Å². The van der Waals surface area contributed by atoms with Crippen molar-refractivity contribution in [3.05, 3.63) is 53.1 Å². The van der Waals surface area contributed by atoms with Crippen molar-refractivity contribution in [2.24, 2.45) is 0 Å². The first-order valence-corrected chi connectivity index (χ1v) is 9.26. The highest BCUT2D eigenvalue weighted by molar-refractivity contribution is 7.89. The van der Waals surface area contributed by atoms with Crippen molar-refractivity contribution < 1.29 is 22.0 Å². The van der Waals surface area contributed by atoms with Gasteiger partial charge in [-0.05, 0) is 42.7 Å². The van der Waals surface area contributed by atoms with E-state index in [-0.39, 0.29) is 16.8 Å². The van der Waals surface area contributed by atoms with E-state index in [1.54, 1.807) is 0 Å².